The molecule has 0 aromatic rings. The maximum Gasteiger partial charge on any atom is 0.328 e. The molecule has 838 valence electrons. The number of amides is 20. The molecule has 20 amide bonds. The number of primary amides is 1. The molecule has 2 heterocycles. The molecule has 0 radical (unpaired) electrons. The summed E-state index contributed by atoms with van der Waals surface area (Å²) in [5, 5.41) is 143. The number of guanidine groups is 1. The van der Waals surface area contributed by atoms with E-state index in [1.54, 1.807) is 41.5 Å². The summed E-state index contributed by atoms with van der Waals surface area (Å²) >= 11 is 0. The number of aliphatic hydroxyl groups is 6. The maximum absolute atomic E-state index is 14.5. The Morgan fingerprint density at radius 3 is 1.09 bits per heavy atom. The van der Waals surface area contributed by atoms with E-state index in [0.29, 0.717) is 0 Å². The number of nitrogens with one attached hydrogen (secondary N) is 19. The van der Waals surface area contributed by atoms with Gasteiger partial charge in [0.25, 0.3) is 0 Å². The summed E-state index contributed by atoms with van der Waals surface area (Å²) in [5.74, 6) is -28.6. The van der Waals surface area contributed by atoms with E-state index in [9.17, 15) is 156 Å². The van der Waals surface area contributed by atoms with Crippen LogP contribution in [0.2, 0.25) is 0 Å². The number of unbranched alkanes of at least 4 members (excludes halogenated alkanes) is 1. The van der Waals surface area contributed by atoms with Gasteiger partial charge in [0, 0.05) is 38.9 Å². The van der Waals surface area contributed by atoms with Crippen LogP contribution in [0.5, 0.6) is 0 Å². The summed E-state index contributed by atoms with van der Waals surface area (Å²) in [6.45, 7) is 16.3. The van der Waals surface area contributed by atoms with Crippen molar-refractivity contribution in [3.8, 4) is 0 Å². The second-order valence-electron chi connectivity index (χ2n) is 38.7. The third kappa shape index (κ3) is 46.0. The third-order valence-electron chi connectivity index (χ3n) is 23.7. The quantitative estimate of drug-likeness (QED) is 0.0153. The Labute approximate surface area is 856 Å². The molecule has 0 spiro atoms. The Kier molecular flexibility index (Phi) is 57.9. The molecule has 0 aromatic heterocycles. The van der Waals surface area contributed by atoms with E-state index in [4.69, 9.17) is 28.3 Å². The lowest BCUT2D eigenvalue weighted by atomic mass is 9.98. The first kappa shape index (κ1) is 131. The van der Waals surface area contributed by atoms with Gasteiger partial charge in [-0.25, -0.2) is 4.79 Å². The highest BCUT2D eigenvalue weighted by atomic mass is 16.4. The van der Waals surface area contributed by atoms with Gasteiger partial charge in [-0.05, 0) is 160 Å². The summed E-state index contributed by atoms with van der Waals surface area (Å²) in [5.41, 5.74) is 22.1. The fourth-order valence-corrected chi connectivity index (χ4v) is 15.6. The van der Waals surface area contributed by atoms with Crippen LogP contribution in [0.1, 0.15) is 213 Å². The molecule has 0 bridgehead atoms. The Morgan fingerprint density at radius 1 is 0.338 bits per heavy atom. The van der Waals surface area contributed by atoms with Gasteiger partial charge in [-0.1, -0.05) is 69.2 Å². The zero-order valence-electron chi connectivity index (χ0n) is 86.1. The highest BCUT2D eigenvalue weighted by Gasteiger charge is 2.46. The minimum absolute atomic E-state index is 0.0157. The van der Waals surface area contributed by atoms with Crippen LogP contribution >= 0.6 is 0 Å². The number of likely N-dealkylation sites (tertiary alicyclic amines) is 2. The Balaban J connectivity index is 2.36. The Hall–Kier alpha value is -13.2. The normalized spacial score (nSPS) is 17.5. The predicted octanol–water partition coefficient (Wildman–Crippen LogP) is -11.8. The molecule has 2 aliphatic heterocycles. The summed E-state index contributed by atoms with van der Waals surface area (Å²) in [6.07, 6.45) is -10.1. The molecule has 148 heavy (non-hydrogen) atoms. The predicted molar refractivity (Wildman–Crippen MR) is 523 cm³/mol. The topological polar surface area (TPSA) is 926 Å². The van der Waals surface area contributed by atoms with Crippen LogP contribution in [0.4, 0.5) is 0 Å². The molecule has 57 nitrogen and oxygen atoms in total. The van der Waals surface area contributed by atoms with E-state index < -0.39 is 345 Å². The van der Waals surface area contributed by atoms with Crippen molar-refractivity contribution in [1.29, 1.82) is 5.41 Å². The molecule has 2 fully saturated rings. The van der Waals surface area contributed by atoms with Crippen molar-refractivity contribution in [3.63, 3.8) is 0 Å². The highest BCUT2D eigenvalue weighted by Crippen LogP contribution is 2.24. The van der Waals surface area contributed by atoms with Crippen LogP contribution in [0.25, 0.3) is 0 Å². The van der Waals surface area contributed by atoms with Crippen molar-refractivity contribution < 1.29 is 156 Å². The zero-order valence-corrected chi connectivity index (χ0v) is 86.1. The van der Waals surface area contributed by atoms with Crippen LogP contribution in [0.3, 0.4) is 0 Å². The number of rotatable bonds is 68. The van der Waals surface area contributed by atoms with Gasteiger partial charge in [0.2, 0.25) is 118 Å². The molecule has 36 N–H and O–H groups in total. The number of aliphatic carboxylic acids is 3. The fraction of sp³-hybridized carbons (Fsp3) is 0.736. The lowest BCUT2D eigenvalue weighted by molar-refractivity contribution is -0.145. The number of carbonyl (C=O) groups excluding carboxylic acids is 20. The van der Waals surface area contributed by atoms with E-state index in [2.05, 4.69) is 95.7 Å². The van der Waals surface area contributed by atoms with E-state index in [-0.39, 0.29) is 128 Å². The average molecular weight is 2110 g/mol. The van der Waals surface area contributed by atoms with Gasteiger partial charge in [0.15, 0.2) is 12.0 Å². The molecule has 2 saturated heterocycles. The molecular weight excluding hydrogens is 1960 g/mol. The first-order valence-electron chi connectivity index (χ1n) is 49.3. The monoisotopic (exact) mass is 2110 g/mol. The number of hydrogen-bond acceptors (Lipinski definition) is 32. The standard InChI is InChI=1S/C91H157N25O32/c1-41(2)34-55(104-75(132)51(21-17-31-97-91(95)96)100-63(124)37-98-74(131)53(25-28-65(126)127)101-81(138)58(39-117)108-77(134)54(26-29-66(128)129)102-76(133)52(20-15-16-30-92)103-85(142)67(44(7)8)111-82(139)59(40-118)107-73(130)50(93)24-27-62(94)123)78(135)110-68(45(9)10)86(143)113-71(48(13)121)89(146)115-32-18-22-60(115)83(140)99-38-64(125)109-70(47(12)120)88(145)116-33-19-23-61(116)84(141)105-56(35-42(3)4)79(136)112-69(46(11)119)87(144)106-57(36-43(5)6)80(137)114-72(49(14)122)90(147)148/h41-61,67-72,117-122H,15-40,92-93H2,1-14H3,(H2,94,123)(H,98,131)(H,99,140)(H,100,124)(H,101,138)(H,102,133)(H,103,142)(H,104,132)(H,105,141)(H,106,144)(H,107,130)(H,108,134)(H,109,125)(H,110,135)(H,111,139)(H,112,136)(H,113,143)(H,114,137)(H,126,127)(H,128,129)(H,147,148)(H4,95,96,97)/t46-,47-,48-,49-,50+,51+,52+,53+,54+,55+,56+,57+,58+,59+,60+,61+,67+,68+,69+,70+,71+,72+/m1/s1. The largest absolute Gasteiger partial charge is 0.481 e. The van der Waals surface area contributed by atoms with E-state index in [1.807, 2.05) is 0 Å². The molecular formula is C91H157N25O32. The SMILES string of the molecule is CC(C)C[C@H](NC(=O)[C@H](CCCNC(=N)N)NC(=O)CNC(=O)[C@H](CCC(=O)O)NC(=O)[C@H](CO)NC(=O)[C@H](CCC(=O)O)NC(=O)[C@H](CCCCN)NC(=O)[C@@H](NC(=O)[C@H](CO)NC(=O)[C@@H](N)CCC(N)=O)C(C)C)C(=O)N[C@H](C(=O)N[C@H](C(=O)N1CCC[C@H]1C(=O)NCC(=O)N[C@H](C(=O)N1CCC[C@H]1C(=O)N[C@@H](CC(C)C)C(=O)N[C@H](C(=O)N[C@@H](CC(C)C)C(=O)N[C@H](C(=O)O)[C@@H](C)O)[C@@H](C)O)[C@@H](C)O)[C@@H](C)O)C(C)C. The number of carboxylic acids is 3. The first-order valence-corrected chi connectivity index (χ1v) is 49.3. The molecule has 57 heteroatoms. The molecule has 22 atom stereocenters. The number of aliphatic hydroxyl groups excluding tert-OH is 6. The van der Waals surface area contributed by atoms with Gasteiger partial charge in [0.1, 0.15) is 96.7 Å². The Morgan fingerprint density at radius 2 is 0.669 bits per heavy atom. The van der Waals surface area contributed by atoms with Crippen LogP contribution in [0.15, 0.2) is 0 Å². The number of nitrogens with two attached hydrogens (primary N) is 4. The van der Waals surface area contributed by atoms with E-state index in [1.165, 1.54) is 27.7 Å². The van der Waals surface area contributed by atoms with Crippen molar-refractivity contribution >= 4 is 142 Å². The number of nitrogens with zero attached hydrogens (tertiary/aromatic N) is 2. The van der Waals surface area contributed by atoms with Gasteiger partial charge in [-0.3, -0.25) is 111 Å². The second kappa shape index (κ2) is 65.5. The Bertz CT molecular complexity index is 4540. The van der Waals surface area contributed by atoms with Crippen molar-refractivity contribution in [2.24, 2.45) is 52.5 Å². The summed E-state index contributed by atoms with van der Waals surface area (Å²) in [6, 6.07) is -29.2. The van der Waals surface area contributed by atoms with Gasteiger partial charge in [-0.15, -0.1) is 0 Å². The number of carbonyl (C=O) groups is 23. The third-order valence-corrected chi connectivity index (χ3v) is 23.7. The minimum atomic E-state index is -2.07. The number of hydrogen-bond donors (Lipinski definition) is 32. The van der Waals surface area contributed by atoms with E-state index in [0.717, 1.165) is 37.5 Å². The van der Waals surface area contributed by atoms with Crippen molar-refractivity contribution in [2.75, 3.05) is 52.5 Å². The summed E-state index contributed by atoms with van der Waals surface area (Å²) in [4.78, 5) is 315. The molecule has 2 rings (SSSR count). The van der Waals surface area contributed by atoms with Gasteiger partial charge >= 0.3 is 17.9 Å². The van der Waals surface area contributed by atoms with Crippen LogP contribution in [-0.2, 0) is 110 Å². The first-order chi connectivity index (χ1) is 69.1. The summed E-state index contributed by atoms with van der Waals surface area (Å²) < 4.78 is 0. The lowest BCUT2D eigenvalue weighted by Gasteiger charge is -2.32. The molecule has 0 aromatic carbocycles. The number of carboxylic acid groups (broad SMARTS) is 3. The second-order valence-corrected chi connectivity index (χ2v) is 38.7. The molecule has 2 aliphatic rings. The molecule has 0 unspecified atom stereocenters. The minimum Gasteiger partial charge on any atom is -0.481 e. The van der Waals surface area contributed by atoms with Crippen molar-refractivity contribution in [1.82, 2.24) is 106 Å². The molecule has 0 saturated carbocycles. The van der Waals surface area contributed by atoms with Gasteiger partial charge in [0.05, 0.1) is 56.8 Å². The zero-order chi connectivity index (χ0) is 113. The van der Waals surface area contributed by atoms with Crippen LogP contribution < -0.4 is 119 Å². The van der Waals surface area contributed by atoms with Gasteiger partial charge in [-0.2, -0.15) is 0 Å². The van der Waals surface area contributed by atoms with E-state index >= 15 is 0 Å². The van der Waals surface area contributed by atoms with Crippen LogP contribution in [-0.4, -0.2) is 383 Å². The molecule has 0 aliphatic carbocycles. The average Bonchev–Trinajstić information content (AvgIpc) is 1.66. The van der Waals surface area contributed by atoms with Crippen LogP contribution in [0, 0.1) is 35.0 Å². The van der Waals surface area contributed by atoms with Gasteiger partial charge < -0.3 is 174 Å². The lowest BCUT2D eigenvalue weighted by Crippen LogP contribution is -2.62. The summed E-state index contributed by atoms with van der Waals surface area (Å²) in [7, 11) is 0. The van der Waals surface area contributed by atoms with Crippen molar-refractivity contribution in [2.45, 2.75) is 346 Å². The van der Waals surface area contributed by atoms with Crippen molar-refractivity contribution in [3.05, 3.63) is 0 Å². The fourth-order valence-electron chi connectivity index (χ4n) is 15.6. The maximum atomic E-state index is 14.5. The smallest absolute Gasteiger partial charge is 0.328 e. The highest BCUT2D eigenvalue weighted by molar-refractivity contribution is 6.02.